The van der Waals surface area contributed by atoms with E-state index in [2.05, 4.69) is 20.4 Å². The van der Waals surface area contributed by atoms with E-state index in [0.29, 0.717) is 24.7 Å². The van der Waals surface area contributed by atoms with E-state index in [4.69, 9.17) is 0 Å². The minimum atomic E-state index is -0.195. The second-order valence-corrected chi connectivity index (χ2v) is 5.32. The van der Waals surface area contributed by atoms with Crippen molar-refractivity contribution in [1.82, 2.24) is 25.1 Å². The topological polar surface area (TPSA) is 96.2 Å². The molecule has 0 unspecified atom stereocenters. The molecule has 0 aromatic carbocycles. The molecular formula is C14H18N6O2. The van der Waals surface area contributed by atoms with Crippen LogP contribution in [0.2, 0.25) is 0 Å². The average molecular weight is 302 g/mol. The molecule has 1 amide bonds. The standard InChI is InChI=1S/C14H18N6O2/c1-19-12(3-6-17-19)13(22)18-11-8-20(7-10(11)9-21)14-15-4-2-5-16-14/h2-6,10-11,21H,7-9H2,1H3,(H,18,22)/t10-,11+/m0/s1. The zero-order valence-electron chi connectivity index (χ0n) is 12.3. The quantitative estimate of drug-likeness (QED) is 0.786. The highest BCUT2D eigenvalue weighted by Gasteiger charge is 2.35. The maximum atomic E-state index is 12.3. The molecule has 8 heteroatoms. The average Bonchev–Trinajstić information content (AvgIpc) is 3.14. The lowest BCUT2D eigenvalue weighted by Crippen LogP contribution is -2.42. The summed E-state index contributed by atoms with van der Waals surface area (Å²) in [6, 6.07) is 3.26. The molecule has 2 atom stereocenters. The van der Waals surface area contributed by atoms with Gasteiger partial charge in [-0.05, 0) is 12.1 Å². The maximum absolute atomic E-state index is 12.3. The molecule has 0 radical (unpaired) electrons. The van der Waals surface area contributed by atoms with E-state index in [-0.39, 0.29) is 24.5 Å². The van der Waals surface area contributed by atoms with Crippen LogP contribution in [0.3, 0.4) is 0 Å². The third-order valence-corrected chi connectivity index (χ3v) is 3.88. The number of nitrogens with zero attached hydrogens (tertiary/aromatic N) is 5. The number of aryl methyl sites for hydroxylation is 1. The first-order valence-electron chi connectivity index (χ1n) is 7.10. The fraction of sp³-hybridized carbons (Fsp3) is 0.429. The SMILES string of the molecule is Cn1nccc1C(=O)N[C@@H]1CN(c2ncccn2)C[C@H]1CO. The van der Waals surface area contributed by atoms with Gasteiger partial charge in [-0.1, -0.05) is 0 Å². The number of hydrogen-bond acceptors (Lipinski definition) is 6. The zero-order chi connectivity index (χ0) is 15.5. The number of aromatic nitrogens is 4. The first-order chi connectivity index (χ1) is 10.7. The van der Waals surface area contributed by atoms with Crippen molar-refractivity contribution >= 4 is 11.9 Å². The molecule has 2 N–H and O–H groups in total. The van der Waals surface area contributed by atoms with Crippen LogP contribution in [0.4, 0.5) is 5.95 Å². The lowest BCUT2D eigenvalue weighted by atomic mass is 10.1. The van der Waals surface area contributed by atoms with Crippen LogP contribution in [0.1, 0.15) is 10.5 Å². The summed E-state index contributed by atoms with van der Waals surface area (Å²) in [6.07, 6.45) is 4.94. The van der Waals surface area contributed by atoms with Gasteiger partial charge in [0.1, 0.15) is 5.69 Å². The Bertz CT molecular complexity index is 644. The van der Waals surface area contributed by atoms with Gasteiger partial charge in [0.2, 0.25) is 5.95 Å². The van der Waals surface area contributed by atoms with Crippen LogP contribution in [0.15, 0.2) is 30.7 Å². The molecule has 8 nitrogen and oxygen atoms in total. The maximum Gasteiger partial charge on any atom is 0.269 e. The highest BCUT2D eigenvalue weighted by atomic mass is 16.3. The summed E-state index contributed by atoms with van der Waals surface area (Å²) in [5.41, 5.74) is 0.492. The number of amides is 1. The van der Waals surface area contributed by atoms with Crippen molar-refractivity contribution in [3.63, 3.8) is 0 Å². The van der Waals surface area contributed by atoms with Gasteiger partial charge < -0.3 is 15.3 Å². The molecule has 1 aliphatic heterocycles. The number of aliphatic hydroxyl groups is 1. The molecular weight excluding hydrogens is 284 g/mol. The lowest BCUT2D eigenvalue weighted by Gasteiger charge is -2.17. The van der Waals surface area contributed by atoms with Gasteiger partial charge in [0.25, 0.3) is 5.91 Å². The molecule has 2 aromatic heterocycles. The Labute approximate surface area is 127 Å². The number of nitrogens with one attached hydrogen (secondary N) is 1. The third-order valence-electron chi connectivity index (χ3n) is 3.88. The molecule has 3 rings (SSSR count). The second kappa shape index (κ2) is 6.10. The van der Waals surface area contributed by atoms with Gasteiger partial charge in [0.15, 0.2) is 0 Å². The van der Waals surface area contributed by atoms with Crippen LogP contribution in [0.5, 0.6) is 0 Å². The smallest absolute Gasteiger partial charge is 0.269 e. The van der Waals surface area contributed by atoms with E-state index in [1.165, 1.54) is 4.68 Å². The number of rotatable bonds is 4. The Morgan fingerprint density at radius 1 is 1.36 bits per heavy atom. The molecule has 1 aliphatic rings. The number of carbonyl (C=O) groups excluding carboxylic acids is 1. The monoisotopic (exact) mass is 302 g/mol. The molecule has 0 spiro atoms. The van der Waals surface area contributed by atoms with Crippen molar-refractivity contribution in [1.29, 1.82) is 0 Å². The van der Waals surface area contributed by atoms with E-state index in [9.17, 15) is 9.90 Å². The molecule has 1 fully saturated rings. The fourth-order valence-corrected chi connectivity index (χ4v) is 2.68. The van der Waals surface area contributed by atoms with Crippen LogP contribution in [-0.4, -0.2) is 56.5 Å². The van der Waals surface area contributed by atoms with Crippen molar-refractivity contribution in [2.24, 2.45) is 13.0 Å². The summed E-state index contributed by atoms with van der Waals surface area (Å²) in [5, 5.41) is 16.5. The fourth-order valence-electron chi connectivity index (χ4n) is 2.68. The van der Waals surface area contributed by atoms with E-state index in [0.717, 1.165) is 0 Å². The summed E-state index contributed by atoms with van der Waals surface area (Å²) in [4.78, 5) is 22.7. The molecule has 116 valence electrons. The van der Waals surface area contributed by atoms with E-state index >= 15 is 0 Å². The van der Waals surface area contributed by atoms with E-state index < -0.39 is 0 Å². The van der Waals surface area contributed by atoms with Crippen LogP contribution in [-0.2, 0) is 7.05 Å². The molecule has 1 saturated heterocycles. The normalized spacial score (nSPS) is 21.1. The van der Waals surface area contributed by atoms with E-state index in [1.807, 2.05) is 4.90 Å². The van der Waals surface area contributed by atoms with Crippen molar-refractivity contribution in [2.45, 2.75) is 6.04 Å². The highest BCUT2D eigenvalue weighted by Crippen LogP contribution is 2.20. The number of carbonyl (C=O) groups is 1. The second-order valence-electron chi connectivity index (χ2n) is 5.32. The Morgan fingerprint density at radius 2 is 2.14 bits per heavy atom. The molecule has 3 heterocycles. The third kappa shape index (κ3) is 2.77. The van der Waals surface area contributed by atoms with Crippen LogP contribution >= 0.6 is 0 Å². The molecule has 0 saturated carbocycles. The highest BCUT2D eigenvalue weighted by molar-refractivity contribution is 5.92. The first kappa shape index (κ1) is 14.5. The Hall–Kier alpha value is -2.48. The summed E-state index contributed by atoms with van der Waals surface area (Å²) < 4.78 is 1.52. The number of aliphatic hydroxyl groups excluding tert-OH is 1. The molecule has 22 heavy (non-hydrogen) atoms. The predicted molar refractivity (Wildman–Crippen MR) is 79.3 cm³/mol. The largest absolute Gasteiger partial charge is 0.396 e. The van der Waals surface area contributed by atoms with Crippen molar-refractivity contribution in [2.75, 3.05) is 24.6 Å². The number of hydrogen-bond donors (Lipinski definition) is 2. The van der Waals surface area contributed by atoms with Gasteiger partial charge in [-0.25, -0.2) is 9.97 Å². The van der Waals surface area contributed by atoms with Crippen LogP contribution in [0.25, 0.3) is 0 Å². The van der Waals surface area contributed by atoms with Gasteiger partial charge in [0.05, 0.1) is 6.04 Å². The van der Waals surface area contributed by atoms with E-state index in [1.54, 1.807) is 37.8 Å². The first-order valence-corrected chi connectivity index (χ1v) is 7.10. The molecule has 0 aliphatic carbocycles. The van der Waals surface area contributed by atoms with Gasteiger partial charge >= 0.3 is 0 Å². The summed E-state index contributed by atoms with van der Waals surface area (Å²) in [7, 11) is 1.72. The predicted octanol–water partition coefficient (Wildman–Crippen LogP) is -0.563. The Balaban J connectivity index is 1.71. The van der Waals surface area contributed by atoms with Crippen LogP contribution in [0, 0.1) is 5.92 Å². The zero-order valence-corrected chi connectivity index (χ0v) is 12.3. The summed E-state index contributed by atoms with van der Waals surface area (Å²) in [6.45, 7) is 1.18. The van der Waals surface area contributed by atoms with Gasteiger partial charge in [-0.15, -0.1) is 0 Å². The molecule has 0 bridgehead atoms. The Morgan fingerprint density at radius 3 is 2.77 bits per heavy atom. The van der Waals surface area contributed by atoms with Crippen LogP contribution < -0.4 is 10.2 Å². The summed E-state index contributed by atoms with van der Waals surface area (Å²) in [5.74, 6) is 0.360. The Kier molecular flexibility index (Phi) is 4.01. The van der Waals surface area contributed by atoms with Crippen molar-refractivity contribution < 1.29 is 9.90 Å². The van der Waals surface area contributed by atoms with Gasteiger partial charge in [-0.2, -0.15) is 5.10 Å². The van der Waals surface area contributed by atoms with Gasteiger partial charge in [-0.3, -0.25) is 9.48 Å². The molecule has 2 aromatic rings. The van der Waals surface area contributed by atoms with Crippen molar-refractivity contribution in [3.05, 3.63) is 36.4 Å². The minimum Gasteiger partial charge on any atom is -0.396 e. The summed E-state index contributed by atoms with van der Waals surface area (Å²) >= 11 is 0. The minimum absolute atomic E-state index is 0.000330. The lowest BCUT2D eigenvalue weighted by molar-refractivity contribution is 0.0912. The number of anilines is 1. The van der Waals surface area contributed by atoms with Gasteiger partial charge in [0, 0.05) is 51.3 Å². The van der Waals surface area contributed by atoms with Crippen molar-refractivity contribution in [3.8, 4) is 0 Å².